The summed E-state index contributed by atoms with van der Waals surface area (Å²) < 4.78 is 19.0. The Morgan fingerprint density at radius 3 is 2.64 bits per heavy atom. The third kappa shape index (κ3) is 4.67. The topological polar surface area (TPSA) is 69.2 Å². The highest BCUT2D eigenvalue weighted by atomic mass is 32.1. The Balaban J connectivity index is 2.00. The number of aromatic nitrogens is 2. The Hall–Kier alpha value is -2.93. The average molecular weight is 398 g/mol. The summed E-state index contributed by atoms with van der Waals surface area (Å²) in [5.41, 5.74) is 0.941. The van der Waals surface area contributed by atoms with Crippen molar-refractivity contribution in [1.29, 1.82) is 0 Å². The molecule has 7 heteroatoms. The van der Waals surface area contributed by atoms with E-state index >= 15 is 0 Å². The van der Waals surface area contributed by atoms with Crippen molar-refractivity contribution in [2.24, 2.45) is 0 Å². The van der Waals surface area contributed by atoms with Gasteiger partial charge in [-0.05, 0) is 32.9 Å². The van der Waals surface area contributed by atoms with Crippen LogP contribution in [-0.4, -0.2) is 27.3 Å². The Labute approximate surface area is 166 Å². The fraction of sp³-hybridized carbons (Fsp3) is 0.238. The average Bonchev–Trinajstić information content (AvgIpc) is 3.04. The van der Waals surface area contributed by atoms with Crippen molar-refractivity contribution in [2.75, 3.05) is 0 Å². The van der Waals surface area contributed by atoms with E-state index in [4.69, 9.17) is 4.74 Å². The summed E-state index contributed by atoms with van der Waals surface area (Å²) in [4.78, 5) is 34.3. The van der Waals surface area contributed by atoms with Gasteiger partial charge in [0.05, 0.1) is 17.5 Å². The van der Waals surface area contributed by atoms with E-state index in [1.165, 1.54) is 41.9 Å². The van der Waals surface area contributed by atoms with Crippen LogP contribution < -0.4 is 0 Å². The predicted molar refractivity (Wildman–Crippen MR) is 105 cm³/mol. The van der Waals surface area contributed by atoms with Gasteiger partial charge in [0.15, 0.2) is 5.78 Å². The second-order valence-corrected chi connectivity index (χ2v) is 8.11. The molecule has 0 spiro atoms. The highest BCUT2D eigenvalue weighted by Crippen LogP contribution is 2.33. The molecule has 0 fully saturated rings. The van der Waals surface area contributed by atoms with Crippen LogP contribution in [0.15, 0.2) is 48.2 Å². The molecule has 1 aromatic carbocycles. The number of hydrogen-bond donors (Lipinski definition) is 0. The molecule has 0 aliphatic heterocycles. The van der Waals surface area contributed by atoms with Gasteiger partial charge in [0.2, 0.25) is 0 Å². The fourth-order valence-electron chi connectivity index (χ4n) is 2.62. The van der Waals surface area contributed by atoms with Crippen molar-refractivity contribution < 1.29 is 18.7 Å². The van der Waals surface area contributed by atoms with Gasteiger partial charge in [0, 0.05) is 40.2 Å². The van der Waals surface area contributed by atoms with Crippen LogP contribution in [0.25, 0.3) is 11.3 Å². The molecule has 0 bridgehead atoms. The van der Waals surface area contributed by atoms with Crippen LogP contribution in [0.2, 0.25) is 0 Å². The lowest BCUT2D eigenvalue weighted by Gasteiger charge is -2.20. The molecule has 3 aromatic rings. The maximum atomic E-state index is 13.4. The first-order valence-corrected chi connectivity index (χ1v) is 9.51. The van der Waals surface area contributed by atoms with Crippen molar-refractivity contribution in [2.45, 2.75) is 32.8 Å². The number of halogens is 1. The molecular formula is C21H19FN2O3S. The normalized spacial score (nSPS) is 11.3. The second-order valence-electron chi connectivity index (χ2n) is 7.15. The highest BCUT2D eigenvalue weighted by Gasteiger charge is 2.27. The van der Waals surface area contributed by atoms with Crippen molar-refractivity contribution >= 4 is 23.1 Å². The number of thiophene rings is 1. The molecule has 144 valence electrons. The van der Waals surface area contributed by atoms with E-state index in [1.807, 2.05) is 0 Å². The minimum absolute atomic E-state index is 0.0387. The van der Waals surface area contributed by atoms with Crippen molar-refractivity contribution in [1.82, 2.24) is 9.97 Å². The number of carbonyl (C=O) groups excluding carboxylic acids is 2. The summed E-state index contributed by atoms with van der Waals surface area (Å²) in [7, 11) is 0. The first kappa shape index (κ1) is 19.8. The second kappa shape index (κ2) is 7.98. The first-order chi connectivity index (χ1) is 13.2. The maximum absolute atomic E-state index is 13.4. The van der Waals surface area contributed by atoms with E-state index in [0.29, 0.717) is 21.7 Å². The zero-order valence-corrected chi connectivity index (χ0v) is 16.5. The SMILES string of the molecule is CC(C)(C)OC(=O)c1c(-c2cnccn2)csc1CC(=O)c1cccc(F)c1. The van der Waals surface area contributed by atoms with E-state index in [1.54, 1.807) is 38.4 Å². The number of Topliss-reactive ketones (excluding diaryl/α,β-unsaturated/α-hetero) is 1. The van der Waals surface area contributed by atoms with Gasteiger partial charge < -0.3 is 4.74 Å². The lowest BCUT2D eigenvalue weighted by molar-refractivity contribution is 0.00702. The highest BCUT2D eigenvalue weighted by molar-refractivity contribution is 7.11. The quantitative estimate of drug-likeness (QED) is 0.459. The summed E-state index contributed by atoms with van der Waals surface area (Å²) in [5.74, 6) is -1.29. The monoisotopic (exact) mass is 398 g/mol. The minimum atomic E-state index is -0.692. The molecule has 0 radical (unpaired) electrons. The molecular weight excluding hydrogens is 379 g/mol. The number of ether oxygens (including phenoxy) is 1. The minimum Gasteiger partial charge on any atom is -0.456 e. The standard InChI is InChI=1S/C21H19FN2O3S/c1-21(2,3)27-20(26)19-15(16-11-23-7-8-24-16)12-28-18(19)10-17(25)13-5-4-6-14(22)9-13/h4-9,11-12H,10H2,1-3H3. The largest absolute Gasteiger partial charge is 0.456 e. The van der Waals surface area contributed by atoms with Crippen LogP contribution in [0.3, 0.4) is 0 Å². The van der Waals surface area contributed by atoms with E-state index in [2.05, 4.69) is 9.97 Å². The van der Waals surface area contributed by atoms with Gasteiger partial charge in [-0.1, -0.05) is 12.1 Å². The van der Waals surface area contributed by atoms with Crippen LogP contribution in [-0.2, 0) is 11.2 Å². The lowest BCUT2D eigenvalue weighted by Crippen LogP contribution is -2.24. The van der Waals surface area contributed by atoms with Gasteiger partial charge in [-0.25, -0.2) is 9.18 Å². The maximum Gasteiger partial charge on any atom is 0.340 e. The summed E-state index contributed by atoms with van der Waals surface area (Å²) in [6, 6.07) is 5.50. The Kier molecular flexibility index (Phi) is 5.65. The summed E-state index contributed by atoms with van der Waals surface area (Å²) in [6.07, 6.45) is 4.58. The molecule has 2 heterocycles. The molecule has 5 nitrogen and oxygen atoms in total. The van der Waals surface area contributed by atoms with Crippen molar-refractivity contribution in [3.05, 3.63) is 70.1 Å². The van der Waals surface area contributed by atoms with Gasteiger partial charge in [0.1, 0.15) is 11.4 Å². The molecule has 28 heavy (non-hydrogen) atoms. The third-order valence-corrected chi connectivity index (χ3v) is 4.76. The fourth-order valence-corrected chi connectivity index (χ4v) is 3.64. The number of rotatable bonds is 5. The van der Waals surface area contributed by atoms with Gasteiger partial charge in [-0.2, -0.15) is 0 Å². The van der Waals surface area contributed by atoms with E-state index < -0.39 is 17.4 Å². The molecule has 2 aromatic heterocycles. The van der Waals surface area contributed by atoms with Crippen LogP contribution in [0, 0.1) is 5.82 Å². The Morgan fingerprint density at radius 2 is 2.00 bits per heavy atom. The van der Waals surface area contributed by atoms with Gasteiger partial charge >= 0.3 is 5.97 Å². The molecule has 0 amide bonds. The van der Waals surface area contributed by atoms with E-state index in [-0.39, 0.29) is 17.8 Å². The number of nitrogens with zero attached hydrogens (tertiary/aromatic N) is 2. The van der Waals surface area contributed by atoms with Crippen molar-refractivity contribution in [3.63, 3.8) is 0 Å². The number of carbonyl (C=O) groups is 2. The Morgan fingerprint density at radius 1 is 1.21 bits per heavy atom. The van der Waals surface area contributed by atoms with E-state index in [0.717, 1.165) is 0 Å². The molecule has 0 N–H and O–H groups in total. The van der Waals surface area contributed by atoms with Gasteiger partial charge in [-0.15, -0.1) is 11.3 Å². The lowest BCUT2D eigenvalue weighted by atomic mass is 10.0. The smallest absolute Gasteiger partial charge is 0.340 e. The van der Waals surface area contributed by atoms with Crippen LogP contribution >= 0.6 is 11.3 Å². The Bertz CT molecular complexity index is 1010. The van der Waals surface area contributed by atoms with Gasteiger partial charge in [0.25, 0.3) is 0 Å². The molecule has 0 aliphatic rings. The molecule has 0 saturated carbocycles. The van der Waals surface area contributed by atoms with E-state index in [9.17, 15) is 14.0 Å². The van der Waals surface area contributed by atoms with Crippen LogP contribution in [0.4, 0.5) is 4.39 Å². The third-order valence-electron chi connectivity index (χ3n) is 3.78. The van der Waals surface area contributed by atoms with Gasteiger partial charge in [-0.3, -0.25) is 14.8 Å². The number of ketones is 1. The molecule has 0 unspecified atom stereocenters. The number of esters is 1. The molecule has 0 saturated heterocycles. The van der Waals surface area contributed by atoms with Crippen molar-refractivity contribution in [3.8, 4) is 11.3 Å². The predicted octanol–water partition coefficient (Wildman–Crippen LogP) is 4.72. The first-order valence-electron chi connectivity index (χ1n) is 8.63. The molecule has 3 rings (SSSR count). The number of benzene rings is 1. The van der Waals surface area contributed by atoms with Crippen LogP contribution in [0.5, 0.6) is 0 Å². The molecule has 0 aliphatic carbocycles. The summed E-state index contributed by atoms with van der Waals surface area (Å²) in [6.45, 7) is 5.32. The summed E-state index contributed by atoms with van der Waals surface area (Å²) >= 11 is 1.27. The summed E-state index contributed by atoms with van der Waals surface area (Å²) in [5, 5.41) is 1.76. The number of hydrogen-bond acceptors (Lipinski definition) is 6. The zero-order chi connectivity index (χ0) is 20.3. The molecule has 0 atom stereocenters. The van der Waals surface area contributed by atoms with Crippen LogP contribution in [0.1, 0.15) is 46.4 Å². The zero-order valence-electron chi connectivity index (χ0n) is 15.7.